The van der Waals surface area contributed by atoms with Crippen LogP contribution in [0.1, 0.15) is 31.9 Å². The van der Waals surface area contributed by atoms with Crippen LogP contribution >= 0.6 is 0 Å². The Labute approximate surface area is 97.1 Å². The zero-order chi connectivity index (χ0) is 11.4. The van der Waals surface area contributed by atoms with Gasteiger partial charge in [0.05, 0.1) is 11.9 Å². The SMILES string of the molecule is CC1CCCN(Cc2ccc(O)cn2)CC1. The Morgan fingerprint density at radius 1 is 1.38 bits per heavy atom. The summed E-state index contributed by atoms with van der Waals surface area (Å²) in [6, 6.07) is 3.62. The van der Waals surface area contributed by atoms with Crippen LogP contribution < -0.4 is 0 Å². The zero-order valence-electron chi connectivity index (χ0n) is 9.89. The summed E-state index contributed by atoms with van der Waals surface area (Å²) in [5, 5.41) is 9.17. The second-order valence-electron chi connectivity index (χ2n) is 4.82. The first kappa shape index (κ1) is 11.4. The van der Waals surface area contributed by atoms with Gasteiger partial charge in [-0.05, 0) is 50.4 Å². The van der Waals surface area contributed by atoms with Crippen molar-refractivity contribution in [2.75, 3.05) is 13.1 Å². The molecule has 0 radical (unpaired) electrons. The molecule has 1 aliphatic rings. The predicted octanol–water partition coefficient (Wildman–Crippen LogP) is 2.41. The van der Waals surface area contributed by atoms with Crippen LogP contribution in [-0.2, 0) is 6.54 Å². The lowest BCUT2D eigenvalue weighted by Gasteiger charge is -2.19. The topological polar surface area (TPSA) is 36.4 Å². The molecule has 0 aliphatic carbocycles. The van der Waals surface area contributed by atoms with Crippen LogP contribution in [-0.4, -0.2) is 28.1 Å². The molecule has 2 rings (SSSR count). The van der Waals surface area contributed by atoms with E-state index in [1.165, 1.54) is 38.5 Å². The van der Waals surface area contributed by atoms with Crippen molar-refractivity contribution in [2.24, 2.45) is 5.92 Å². The van der Waals surface area contributed by atoms with Crippen molar-refractivity contribution in [2.45, 2.75) is 32.7 Å². The van der Waals surface area contributed by atoms with Gasteiger partial charge in [-0.25, -0.2) is 0 Å². The standard InChI is InChI=1S/C13H20N2O/c1-11-3-2-7-15(8-6-11)10-12-4-5-13(16)9-14-12/h4-5,9,11,16H,2-3,6-8,10H2,1H3. The van der Waals surface area contributed by atoms with Crippen molar-refractivity contribution in [1.29, 1.82) is 0 Å². The maximum atomic E-state index is 9.17. The zero-order valence-corrected chi connectivity index (χ0v) is 9.89. The number of likely N-dealkylation sites (tertiary alicyclic amines) is 1. The van der Waals surface area contributed by atoms with E-state index >= 15 is 0 Å². The molecule has 0 bridgehead atoms. The summed E-state index contributed by atoms with van der Waals surface area (Å²) in [6.45, 7) is 5.59. The third-order valence-electron chi connectivity index (χ3n) is 3.30. The molecule has 0 aromatic carbocycles. The molecule has 3 nitrogen and oxygen atoms in total. The van der Waals surface area contributed by atoms with E-state index in [1.54, 1.807) is 6.07 Å². The molecule has 1 unspecified atom stereocenters. The largest absolute Gasteiger partial charge is 0.506 e. The van der Waals surface area contributed by atoms with Gasteiger partial charge >= 0.3 is 0 Å². The van der Waals surface area contributed by atoms with Gasteiger partial charge in [0.1, 0.15) is 5.75 Å². The number of pyridine rings is 1. The molecular formula is C13H20N2O. The minimum Gasteiger partial charge on any atom is -0.506 e. The van der Waals surface area contributed by atoms with E-state index in [-0.39, 0.29) is 5.75 Å². The van der Waals surface area contributed by atoms with Gasteiger partial charge < -0.3 is 5.11 Å². The molecule has 1 aromatic rings. The summed E-state index contributed by atoms with van der Waals surface area (Å²) in [5.41, 5.74) is 1.05. The van der Waals surface area contributed by atoms with Crippen molar-refractivity contribution in [3.63, 3.8) is 0 Å². The lowest BCUT2D eigenvalue weighted by Crippen LogP contribution is -2.24. The first-order chi connectivity index (χ1) is 7.74. The maximum Gasteiger partial charge on any atom is 0.133 e. The second kappa shape index (κ2) is 5.30. The lowest BCUT2D eigenvalue weighted by atomic mass is 10.0. The highest BCUT2D eigenvalue weighted by Crippen LogP contribution is 2.18. The Morgan fingerprint density at radius 3 is 3.00 bits per heavy atom. The van der Waals surface area contributed by atoms with E-state index in [2.05, 4.69) is 16.8 Å². The van der Waals surface area contributed by atoms with E-state index in [9.17, 15) is 0 Å². The Hall–Kier alpha value is -1.09. The number of hydrogen-bond acceptors (Lipinski definition) is 3. The highest BCUT2D eigenvalue weighted by Gasteiger charge is 2.14. The summed E-state index contributed by atoms with van der Waals surface area (Å²) >= 11 is 0. The van der Waals surface area contributed by atoms with Crippen LogP contribution in [0.25, 0.3) is 0 Å². The summed E-state index contributed by atoms with van der Waals surface area (Å²) < 4.78 is 0. The van der Waals surface area contributed by atoms with Gasteiger partial charge in [-0.1, -0.05) is 6.92 Å². The van der Waals surface area contributed by atoms with Crippen LogP contribution in [0.15, 0.2) is 18.3 Å². The third-order valence-corrected chi connectivity index (χ3v) is 3.30. The molecule has 16 heavy (non-hydrogen) atoms. The van der Waals surface area contributed by atoms with E-state index in [0.717, 1.165) is 18.2 Å². The first-order valence-electron chi connectivity index (χ1n) is 6.10. The molecule has 0 saturated carbocycles. The number of aromatic nitrogens is 1. The van der Waals surface area contributed by atoms with Gasteiger partial charge in [0.25, 0.3) is 0 Å². The maximum absolute atomic E-state index is 9.17. The van der Waals surface area contributed by atoms with Gasteiger partial charge in [0, 0.05) is 6.54 Å². The first-order valence-corrected chi connectivity index (χ1v) is 6.10. The molecular weight excluding hydrogens is 200 g/mol. The van der Waals surface area contributed by atoms with Gasteiger partial charge in [-0.2, -0.15) is 0 Å². The molecule has 1 aliphatic heterocycles. The van der Waals surface area contributed by atoms with Crippen molar-refractivity contribution in [3.05, 3.63) is 24.0 Å². The third kappa shape index (κ3) is 3.20. The van der Waals surface area contributed by atoms with Crippen LogP contribution in [0.2, 0.25) is 0 Å². The molecule has 3 heteroatoms. The molecule has 1 aromatic heterocycles. The minimum atomic E-state index is 0.244. The predicted molar refractivity (Wildman–Crippen MR) is 64.2 cm³/mol. The van der Waals surface area contributed by atoms with Crippen molar-refractivity contribution >= 4 is 0 Å². The van der Waals surface area contributed by atoms with E-state index in [0.29, 0.717) is 0 Å². The number of rotatable bonds is 2. The normalized spacial score (nSPS) is 22.9. The number of nitrogens with zero attached hydrogens (tertiary/aromatic N) is 2. The summed E-state index contributed by atoms with van der Waals surface area (Å²) in [6.07, 6.45) is 5.45. The van der Waals surface area contributed by atoms with Crippen molar-refractivity contribution < 1.29 is 5.11 Å². The molecule has 88 valence electrons. The molecule has 2 heterocycles. The lowest BCUT2D eigenvalue weighted by molar-refractivity contribution is 0.270. The summed E-state index contributed by atoms with van der Waals surface area (Å²) in [4.78, 5) is 6.69. The fourth-order valence-corrected chi connectivity index (χ4v) is 2.22. The quantitative estimate of drug-likeness (QED) is 0.831. The Bertz CT molecular complexity index is 323. The van der Waals surface area contributed by atoms with Crippen LogP contribution in [0.5, 0.6) is 5.75 Å². The number of aromatic hydroxyl groups is 1. The van der Waals surface area contributed by atoms with Crippen LogP contribution in [0, 0.1) is 5.92 Å². The molecule has 1 atom stereocenters. The second-order valence-corrected chi connectivity index (χ2v) is 4.82. The molecule has 0 amide bonds. The van der Waals surface area contributed by atoms with Crippen LogP contribution in [0.4, 0.5) is 0 Å². The van der Waals surface area contributed by atoms with Crippen molar-refractivity contribution in [1.82, 2.24) is 9.88 Å². The Balaban J connectivity index is 1.91. The van der Waals surface area contributed by atoms with E-state index in [4.69, 9.17) is 5.11 Å². The fourth-order valence-electron chi connectivity index (χ4n) is 2.22. The average molecular weight is 220 g/mol. The minimum absolute atomic E-state index is 0.244. The fraction of sp³-hybridized carbons (Fsp3) is 0.615. The van der Waals surface area contributed by atoms with E-state index < -0.39 is 0 Å². The highest BCUT2D eigenvalue weighted by atomic mass is 16.3. The Morgan fingerprint density at radius 2 is 2.25 bits per heavy atom. The average Bonchev–Trinajstić information content (AvgIpc) is 2.47. The number of hydrogen-bond donors (Lipinski definition) is 1. The van der Waals surface area contributed by atoms with E-state index in [1.807, 2.05) is 6.07 Å². The van der Waals surface area contributed by atoms with Gasteiger partial charge in [0.15, 0.2) is 0 Å². The van der Waals surface area contributed by atoms with Crippen molar-refractivity contribution in [3.8, 4) is 5.75 Å². The van der Waals surface area contributed by atoms with Gasteiger partial charge in [-0.3, -0.25) is 9.88 Å². The summed E-state index contributed by atoms with van der Waals surface area (Å²) in [7, 11) is 0. The highest BCUT2D eigenvalue weighted by molar-refractivity contribution is 5.17. The molecule has 1 N–H and O–H groups in total. The van der Waals surface area contributed by atoms with Gasteiger partial charge in [-0.15, -0.1) is 0 Å². The molecule has 0 spiro atoms. The van der Waals surface area contributed by atoms with Gasteiger partial charge in [0.2, 0.25) is 0 Å². The summed E-state index contributed by atoms with van der Waals surface area (Å²) in [5.74, 6) is 1.10. The van der Waals surface area contributed by atoms with Crippen LogP contribution in [0.3, 0.4) is 0 Å². The Kier molecular flexibility index (Phi) is 3.78. The molecule has 1 saturated heterocycles. The molecule has 1 fully saturated rings. The monoisotopic (exact) mass is 220 g/mol. The smallest absolute Gasteiger partial charge is 0.133 e.